The topological polar surface area (TPSA) is 87.9 Å². The quantitative estimate of drug-likeness (QED) is 0.875. The molecule has 0 saturated carbocycles. The third-order valence-electron chi connectivity index (χ3n) is 3.94. The molecule has 3 N–H and O–H groups in total. The second kappa shape index (κ2) is 5.65. The number of fused-ring (bicyclic) bond motifs is 1. The lowest BCUT2D eigenvalue weighted by atomic mass is 9.93. The van der Waals surface area contributed by atoms with Crippen molar-refractivity contribution in [3.05, 3.63) is 47.0 Å². The van der Waals surface area contributed by atoms with Gasteiger partial charge in [-0.05, 0) is 24.1 Å². The van der Waals surface area contributed by atoms with Crippen LogP contribution in [0.3, 0.4) is 0 Å². The molecule has 0 aliphatic carbocycles. The Hall–Kier alpha value is -2.21. The smallest absolute Gasteiger partial charge is 0.225 e. The molecule has 1 aromatic heterocycles. The molecule has 2 aromatic rings. The second-order valence-corrected chi connectivity index (χ2v) is 5.34. The molecule has 6 nitrogen and oxygen atoms in total. The summed E-state index contributed by atoms with van der Waals surface area (Å²) < 4.78 is 0. The van der Waals surface area contributed by atoms with Crippen LogP contribution in [-0.2, 0) is 24.2 Å². The minimum Gasteiger partial charge on any atom is -0.369 e. The van der Waals surface area contributed by atoms with Gasteiger partial charge in [0.2, 0.25) is 5.91 Å². The van der Waals surface area contributed by atoms with E-state index in [1.165, 1.54) is 11.1 Å². The highest BCUT2D eigenvalue weighted by molar-refractivity contribution is 5.75. The molecule has 1 amide bonds. The molecule has 2 heterocycles. The number of carbonyl (C=O) groups excluding carboxylic acids is 1. The summed E-state index contributed by atoms with van der Waals surface area (Å²) in [6, 6.07) is 8.61. The number of nitrogens with one attached hydrogen (secondary N) is 1. The Kier molecular flexibility index (Phi) is 3.70. The molecule has 21 heavy (non-hydrogen) atoms. The molecule has 1 aliphatic rings. The number of hydrogen-bond donors (Lipinski definition) is 2. The van der Waals surface area contributed by atoms with Gasteiger partial charge in [-0.15, -0.1) is 0 Å². The number of primary amides is 1. The Labute approximate surface area is 123 Å². The summed E-state index contributed by atoms with van der Waals surface area (Å²) >= 11 is 0. The maximum atomic E-state index is 11.0. The maximum absolute atomic E-state index is 11.0. The normalized spacial score (nSPS) is 18.4. The van der Waals surface area contributed by atoms with Crippen LogP contribution in [0.4, 0.5) is 0 Å². The average Bonchev–Trinajstić information content (AvgIpc) is 2.93. The number of nitrogens with two attached hydrogens (primary N) is 1. The molecule has 0 bridgehead atoms. The van der Waals surface area contributed by atoms with Crippen LogP contribution < -0.4 is 5.73 Å². The predicted molar refractivity (Wildman–Crippen MR) is 78.3 cm³/mol. The standard InChI is InChI=1S/C15H19N5O/c1-2-20-9-11-6-4-3-5-10(11)7-12(20)15-17-14(18-19-15)8-13(16)21/h3-6,12H,2,7-9H2,1H3,(H2,16,21)(H,17,18,19)/t12-/m0/s1. The maximum Gasteiger partial charge on any atom is 0.225 e. The van der Waals surface area contributed by atoms with E-state index in [2.05, 4.69) is 51.3 Å². The van der Waals surface area contributed by atoms with Crippen molar-refractivity contribution in [2.45, 2.75) is 32.4 Å². The minimum atomic E-state index is -0.404. The lowest BCUT2D eigenvalue weighted by Gasteiger charge is -2.34. The molecule has 0 unspecified atom stereocenters. The number of hydrogen-bond acceptors (Lipinski definition) is 4. The molecule has 0 saturated heterocycles. The number of carbonyl (C=O) groups is 1. The van der Waals surface area contributed by atoms with Gasteiger partial charge >= 0.3 is 0 Å². The minimum absolute atomic E-state index is 0.0996. The molecule has 1 aromatic carbocycles. The summed E-state index contributed by atoms with van der Waals surface area (Å²) in [7, 11) is 0. The van der Waals surface area contributed by atoms with E-state index in [1.54, 1.807) is 0 Å². The first-order valence-electron chi connectivity index (χ1n) is 7.17. The van der Waals surface area contributed by atoms with Crippen LogP contribution in [0, 0.1) is 0 Å². The van der Waals surface area contributed by atoms with E-state index >= 15 is 0 Å². The first kappa shape index (κ1) is 13.8. The first-order valence-corrected chi connectivity index (χ1v) is 7.17. The number of aromatic amines is 1. The lowest BCUT2D eigenvalue weighted by Crippen LogP contribution is -2.34. The zero-order valence-electron chi connectivity index (χ0n) is 12.0. The highest BCUT2D eigenvalue weighted by Crippen LogP contribution is 2.31. The van der Waals surface area contributed by atoms with Crippen molar-refractivity contribution < 1.29 is 4.79 Å². The molecule has 110 valence electrons. The molecule has 1 aliphatic heterocycles. The number of aromatic nitrogens is 3. The molecule has 0 radical (unpaired) electrons. The van der Waals surface area contributed by atoms with Gasteiger partial charge in [-0.25, -0.2) is 4.98 Å². The fourth-order valence-electron chi connectivity index (χ4n) is 2.87. The third kappa shape index (κ3) is 2.80. The van der Waals surface area contributed by atoms with E-state index in [9.17, 15) is 4.79 Å². The zero-order valence-corrected chi connectivity index (χ0v) is 12.0. The average molecular weight is 285 g/mol. The Morgan fingerprint density at radius 1 is 1.43 bits per heavy atom. The van der Waals surface area contributed by atoms with Gasteiger partial charge in [0.05, 0.1) is 12.5 Å². The molecular weight excluding hydrogens is 266 g/mol. The van der Waals surface area contributed by atoms with E-state index in [0.29, 0.717) is 5.82 Å². The van der Waals surface area contributed by atoms with Gasteiger partial charge in [-0.1, -0.05) is 31.2 Å². The van der Waals surface area contributed by atoms with E-state index in [4.69, 9.17) is 5.73 Å². The van der Waals surface area contributed by atoms with Gasteiger partial charge in [-0.2, -0.15) is 5.10 Å². The van der Waals surface area contributed by atoms with Crippen LogP contribution in [0.5, 0.6) is 0 Å². The Morgan fingerprint density at radius 2 is 2.19 bits per heavy atom. The second-order valence-electron chi connectivity index (χ2n) is 5.34. The molecule has 0 fully saturated rings. The van der Waals surface area contributed by atoms with Crippen molar-refractivity contribution in [2.75, 3.05) is 6.54 Å². The van der Waals surface area contributed by atoms with Crippen molar-refractivity contribution in [2.24, 2.45) is 5.73 Å². The van der Waals surface area contributed by atoms with Crippen LogP contribution in [-0.4, -0.2) is 32.5 Å². The summed E-state index contributed by atoms with van der Waals surface area (Å²) in [5.41, 5.74) is 7.90. The monoisotopic (exact) mass is 285 g/mol. The van der Waals surface area contributed by atoms with Crippen LogP contribution in [0.25, 0.3) is 0 Å². The van der Waals surface area contributed by atoms with Gasteiger partial charge in [-0.3, -0.25) is 14.8 Å². The number of rotatable bonds is 4. The fourth-order valence-corrected chi connectivity index (χ4v) is 2.87. The molecule has 6 heteroatoms. The lowest BCUT2D eigenvalue weighted by molar-refractivity contribution is -0.117. The summed E-state index contributed by atoms with van der Waals surface area (Å²) in [4.78, 5) is 17.7. The first-order chi connectivity index (χ1) is 10.2. The number of amides is 1. The highest BCUT2D eigenvalue weighted by Gasteiger charge is 2.29. The zero-order chi connectivity index (χ0) is 14.8. The fraction of sp³-hybridized carbons (Fsp3) is 0.400. The predicted octanol–water partition coefficient (Wildman–Crippen LogP) is 0.952. The molecular formula is C15H19N5O. The third-order valence-corrected chi connectivity index (χ3v) is 3.94. The Morgan fingerprint density at radius 3 is 2.90 bits per heavy atom. The van der Waals surface area contributed by atoms with Crippen molar-refractivity contribution in [1.29, 1.82) is 0 Å². The van der Waals surface area contributed by atoms with Crippen LogP contribution >= 0.6 is 0 Å². The van der Waals surface area contributed by atoms with Gasteiger partial charge in [0.25, 0.3) is 0 Å². The van der Waals surface area contributed by atoms with E-state index in [1.807, 2.05) is 0 Å². The summed E-state index contributed by atoms with van der Waals surface area (Å²) in [6.45, 7) is 3.97. The number of H-pyrrole nitrogens is 1. The number of likely N-dealkylation sites (N-methyl/N-ethyl adjacent to an activating group) is 1. The summed E-state index contributed by atoms with van der Waals surface area (Å²) in [6.07, 6.45) is 0.986. The van der Waals surface area contributed by atoms with Crippen LogP contribution in [0.2, 0.25) is 0 Å². The van der Waals surface area contributed by atoms with Crippen molar-refractivity contribution in [3.63, 3.8) is 0 Å². The van der Waals surface area contributed by atoms with Crippen LogP contribution in [0.15, 0.2) is 24.3 Å². The van der Waals surface area contributed by atoms with E-state index in [-0.39, 0.29) is 12.5 Å². The van der Waals surface area contributed by atoms with Crippen molar-refractivity contribution in [3.8, 4) is 0 Å². The van der Waals surface area contributed by atoms with Crippen molar-refractivity contribution in [1.82, 2.24) is 20.1 Å². The van der Waals surface area contributed by atoms with Gasteiger partial charge in [0.1, 0.15) is 5.82 Å². The number of nitrogens with zero attached hydrogens (tertiary/aromatic N) is 3. The highest BCUT2D eigenvalue weighted by atomic mass is 16.1. The van der Waals surface area contributed by atoms with E-state index in [0.717, 1.165) is 25.3 Å². The molecule has 3 rings (SSSR count). The largest absolute Gasteiger partial charge is 0.369 e. The summed E-state index contributed by atoms with van der Waals surface area (Å²) in [5.74, 6) is 0.869. The SMILES string of the molecule is CCN1Cc2ccccc2C[C@H]1c1n[nH]c(CC(N)=O)n1. The Bertz CT molecular complexity index is 651. The Balaban J connectivity index is 1.87. The van der Waals surface area contributed by atoms with E-state index < -0.39 is 5.91 Å². The summed E-state index contributed by atoms with van der Waals surface area (Å²) in [5, 5.41) is 7.09. The molecule has 1 atom stereocenters. The van der Waals surface area contributed by atoms with Gasteiger partial charge in [0.15, 0.2) is 5.82 Å². The number of benzene rings is 1. The van der Waals surface area contributed by atoms with Gasteiger partial charge in [0, 0.05) is 6.54 Å². The van der Waals surface area contributed by atoms with Crippen LogP contribution in [0.1, 0.15) is 35.7 Å². The van der Waals surface area contributed by atoms with Crippen molar-refractivity contribution >= 4 is 5.91 Å². The molecule has 0 spiro atoms. The van der Waals surface area contributed by atoms with Gasteiger partial charge < -0.3 is 5.73 Å².